The van der Waals surface area contributed by atoms with Gasteiger partial charge in [0.2, 0.25) is 0 Å². The Bertz CT molecular complexity index is 285. The maximum absolute atomic E-state index is 6.27. The van der Waals surface area contributed by atoms with Crippen molar-refractivity contribution in [3.63, 3.8) is 0 Å². The molecule has 3 unspecified atom stereocenters. The van der Waals surface area contributed by atoms with Gasteiger partial charge >= 0.3 is 0 Å². The normalized spacial score (nSPS) is 34.4. The summed E-state index contributed by atoms with van der Waals surface area (Å²) in [5.41, 5.74) is 6.49. The van der Waals surface area contributed by atoms with Gasteiger partial charge in [-0.3, -0.25) is 4.90 Å². The molecular weight excluding hydrogens is 238 g/mol. The second kappa shape index (κ2) is 6.53. The van der Waals surface area contributed by atoms with Crippen molar-refractivity contribution in [1.29, 1.82) is 0 Å². The Kier molecular flexibility index (Phi) is 5.23. The van der Waals surface area contributed by atoms with Crippen molar-refractivity contribution < 1.29 is 4.74 Å². The monoisotopic (exact) mass is 269 g/mol. The molecule has 3 atom stereocenters. The highest BCUT2D eigenvalue weighted by molar-refractivity contribution is 5.05. The highest BCUT2D eigenvalue weighted by Gasteiger charge is 2.48. The smallest absolute Gasteiger partial charge is 0.0589 e. The molecule has 0 aromatic carbocycles. The number of fused-ring (bicyclic) bond motifs is 2. The zero-order valence-corrected chi connectivity index (χ0v) is 12.9. The van der Waals surface area contributed by atoms with Crippen LogP contribution in [0, 0.1) is 11.8 Å². The maximum Gasteiger partial charge on any atom is 0.0589 e. The highest BCUT2D eigenvalue weighted by Crippen LogP contribution is 2.39. The largest absolute Gasteiger partial charge is 0.383 e. The van der Waals surface area contributed by atoms with Crippen molar-refractivity contribution in [2.75, 3.05) is 53.0 Å². The van der Waals surface area contributed by atoms with Crippen LogP contribution < -0.4 is 5.73 Å². The molecule has 19 heavy (non-hydrogen) atoms. The number of nitrogens with two attached hydrogens (primary N) is 1. The Morgan fingerprint density at radius 3 is 2.84 bits per heavy atom. The molecule has 0 radical (unpaired) electrons. The first-order valence-corrected chi connectivity index (χ1v) is 7.79. The van der Waals surface area contributed by atoms with Crippen LogP contribution in [0.3, 0.4) is 0 Å². The molecule has 2 heterocycles. The zero-order valence-electron chi connectivity index (χ0n) is 12.9. The lowest BCUT2D eigenvalue weighted by molar-refractivity contribution is -0.0132. The molecule has 0 aliphatic carbocycles. The van der Waals surface area contributed by atoms with Gasteiger partial charge in [0.25, 0.3) is 0 Å². The Morgan fingerprint density at radius 2 is 2.21 bits per heavy atom. The topological polar surface area (TPSA) is 41.7 Å². The van der Waals surface area contributed by atoms with Crippen LogP contribution in [0.25, 0.3) is 0 Å². The number of methoxy groups -OCH3 is 1. The van der Waals surface area contributed by atoms with Crippen molar-refractivity contribution in [3.8, 4) is 0 Å². The van der Waals surface area contributed by atoms with E-state index in [9.17, 15) is 0 Å². The first kappa shape index (κ1) is 15.2. The molecule has 0 spiro atoms. The Labute approximate surface area is 118 Å². The summed E-state index contributed by atoms with van der Waals surface area (Å²) in [5.74, 6) is 1.43. The second-order valence-electron chi connectivity index (χ2n) is 6.68. The number of nitrogens with zero attached hydrogens (tertiary/aromatic N) is 2. The first-order valence-electron chi connectivity index (χ1n) is 7.79. The van der Waals surface area contributed by atoms with E-state index < -0.39 is 0 Å². The summed E-state index contributed by atoms with van der Waals surface area (Å²) < 4.78 is 5.32. The van der Waals surface area contributed by atoms with Gasteiger partial charge in [-0.1, -0.05) is 13.8 Å². The molecule has 2 bridgehead atoms. The summed E-state index contributed by atoms with van der Waals surface area (Å²) in [6, 6.07) is 0. The number of hydrogen-bond donors (Lipinski definition) is 1. The maximum atomic E-state index is 6.27. The van der Waals surface area contributed by atoms with Crippen molar-refractivity contribution in [2.24, 2.45) is 17.6 Å². The minimum atomic E-state index is 0.218. The fourth-order valence-corrected chi connectivity index (χ4v) is 3.98. The third-order valence-electron chi connectivity index (χ3n) is 5.03. The van der Waals surface area contributed by atoms with Crippen LogP contribution >= 0.6 is 0 Å². The first-order chi connectivity index (χ1) is 9.12. The minimum Gasteiger partial charge on any atom is -0.383 e. The molecule has 2 aliphatic rings. The van der Waals surface area contributed by atoms with Gasteiger partial charge in [0, 0.05) is 38.8 Å². The van der Waals surface area contributed by atoms with Gasteiger partial charge in [-0.15, -0.1) is 0 Å². The summed E-state index contributed by atoms with van der Waals surface area (Å²) >= 11 is 0. The van der Waals surface area contributed by atoms with E-state index in [4.69, 9.17) is 10.5 Å². The molecule has 2 saturated heterocycles. The molecule has 2 rings (SSSR count). The van der Waals surface area contributed by atoms with Crippen molar-refractivity contribution >= 4 is 0 Å². The fourth-order valence-electron chi connectivity index (χ4n) is 3.98. The fraction of sp³-hybridized carbons (Fsp3) is 1.00. The Hall–Kier alpha value is -0.160. The van der Waals surface area contributed by atoms with Gasteiger partial charge in [0.15, 0.2) is 0 Å². The van der Waals surface area contributed by atoms with Crippen LogP contribution in [0.1, 0.15) is 26.7 Å². The van der Waals surface area contributed by atoms with Gasteiger partial charge in [-0.2, -0.15) is 0 Å². The average molecular weight is 269 g/mol. The molecule has 4 nitrogen and oxygen atoms in total. The van der Waals surface area contributed by atoms with E-state index in [-0.39, 0.29) is 5.54 Å². The predicted molar refractivity (Wildman–Crippen MR) is 79.2 cm³/mol. The van der Waals surface area contributed by atoms with Gasteiger partial charge in [0.05, 0.1) is 6.61 Å². The predicted octanol–water partition coefficient (Wildman–Crippen LogP) is 1.01. The summed E-state index contributed by atoms with van der Waals surface area (Å²) in [7, 11) is 1.79. The standard InChI is InChI=1S/C15H31N3O/c1-13(2)10-18(8-9-19-3)15(12-16)5-7-17-6-4-14(15)11-17/h13-14H,4-12,16H2,1-3H3. The Morgan fingerprint density at radius 1 is 1.42 bits per heavy atom. The third-order valence-corrected chi connectivity index (χ3v) is 5.03. The lowest BCUT2D eigenvalue weighted by Gasteiger charge is -2.50. The van der Waals surface area contributed by atoms with Crippen molar-refractivity contribution in [3.05, 3.63) is 0 Å². The van der Waals surface area contributed by atoms with E-state index in [1.54, 1.807) is 7.11 Å². The SMILES string of the molecule is COCCN(CC(C)C)C1(CN)CCN2CCC1C2. The minimum absolute atomic E-state index is 0.218. The second-order valence-corrected chi connectivity index (χ2v) is 6.68. The van der Waals surface area contributed by atoms with E-state index in [1.807, 2.05) is 0 Å². The quantitative estimate of drug-likeness (QED) is 0.749. The van der Waals surface area contributed by atoms with E-state index in [1.165, 1.54) is 32.5 Å². The van der Waals surface area contributed by atoms with E-state index in [0.29, 0.717) is 5.92 Å². The van der Waals surface area contributed by atoms with Crippen LogP contribution in [0.4, 0.5) is 0 Å². The van der Waals surface area contributed by atoms with Crippen LogP contribution in [0.15, 0.2) is 0 Å². The van der Waals surface area contributed by atoms with E-state index in [2.05, 4.69) is 23.6 Å². The molecule has 0 amide bonds. The van der Waals surface area contributed by atoms with Crippen LogP contribution in [0.2, 0.25) is 0 Å². The van der Waals surface area contributed by atoms with Crippen LogP contribution in [-0.2, 0) is 4.74 Å². The number of ether oxygens (including phenoxy) is 1. The molecule has 0 aromatic rings. The van der Waals surface area contributed by atoms with Gasteiger partial charge < -0.3 is 15.4 Å². The average Bonchev–Trinajstić information content (AvgIpc) is 2.79. The van der Waals surface area contributed by atoms with Gasteiger partial charge in [-0.25, -0.2) is 0 Å². The summed E-state index contributed by atoms with van der Waals surface area (Å²) in [6.45, 7) is 12.1. The number of hydrogen-bond acceptors (Lipinski definition) is 4. The summed E-state index contributed by atoms with van der Waals surface area (Å²) in [6.07, 6.45) is 2.55. The molecule has 112 valence electrons. The van der Waals surface area contributed by atoms with Crippen molar-refractivity contribution in [1.82, 2.24) is 9.80 Å². The number of rotatable bonds is 7. The molecule has 2 aliphatic heterocycles. The summed E-state index contributed by atoms with van der Waals surface area (Å²) in [4.78, 5) is 5.25. The zero-order chi connectivity index (χ0) is 13.9. The highest BCUT2D eigenvalue weighted by atomic mass is 16.5. The number of piperidine rings is 1. The van der Waals surface area contributed by atoms with Crippen LogP contribution in [-0.4, -0.2) is 68.3 Å². The third kappa shape index (κ3) is 3.13. The molecule has 0 saturated carbocycles. The molecule has 4 heteroatoms. The molecule has 2 N–H and O–H groups in total. The van der Waals surface area contributed by atoms with Crippen molar-refractivity contribution in [2.45, 2.75) is 32.2 Å². The van der Waals surface area contributed by atoms with Crippen LogP contribution in [0.5, 0.6) is 0 Å². The van der Waals surface area contributed by atoms with E-state index in [0.717, 1.165) is 32.2 Å². The molecular formula is C15H31N3O. The molecule has 2 fully saturated rings. The lowest BCUT2D eigenvalue weighted by atomic mass is 9.77. The molecule has 0 aromatic heterocycles. The van der Waals surface area contributed by atoms with E-state index >= 15 is 0 Å². The van der Waals surface area contributed by atoms with Gasteiger partial charge in [-0.05, 0) is 37.8 Å². The van der Waals surface area contributed by atoms with Gasteiger partial charge in [0.1, 0.15) is 0 Å². The Balaban J connectivity index is 2.14. The summed E-state index contributed by atoms with van der Waals surface area (Å²) in [5, 5.41) is 0. The lowest BCUT2D eigenvalue weighted by Crippen LogP contribution is -2.63.